The van der Waals surface area contributed by atoms with Gasteiger partial charge in [0, 0.05) is 13.7 Å². The molecule has 1 N–H and O–H groups in total. The van der Waals surface area contributed by atoms with Crippen molar-refractivity contribution in [1.82, 2.24) is 5.32 Å². The summed E-state index contributed by atoms with van der Waals surface area (Å²) in [6, 6.07) is 8.65. The Kier molecular flexibility index (Phi) is 6.23. The van der Waals surface area contributed by atoms with Gasteiger partial charge < -0.3 is 10.1 Å². The highest BCUT2D eigenvalue weighted by atomic mass is 16.5. The van der Waals surface area contributed by atoms with E-state index in [1.165, 1.54) is 11.1 Å². The van der Waals surface area contributed by atoms with E-state index in [9.17, 15) is 0 Å². The molecule has 0 radical (unpaired) electrons. The maximum absolute atomic E-state index is 5.39. The van der Waals surface area contributed by atoms with E-state index in [1.54, 1.807) is 7.11 Å². The fraction of sp³-hybridized carbons (Fsp3) is 0.600. The molecule has 2 unspecified atom stereocenters. The molecule has 1 aromatic carbocycles. The van der Waals surface area contributed by atoms with E-state index in [2.05, 4.69) is 50.4 Å². The Morgan fingerprint density at radius 3 is 2.59 bits per heavy atom. The van der Waals surface area contributed by atoms with Gasteiger partial charge in [0.2, 0.25) is 0 Å². The van der Waals surface area contributed by atoms with Crippen molar-refractivity contribution in [2.24, 2.45) is 0 Å². The van der Waals surface area contributed by atoms with Crippen LogP contribution in [-0.4, -0.2) is 26.3 Å². The van der Waals surface area contributed by atoms with Crippen molar-refractivity contribution < 1.29 is 4.74 Å². The van der Waals surface area contributed by atoms with Crippen molar-refractivity contribution >= 4 is 0 Å². The molecule has 0 aliphatic heterocycles. The van der Waals surface area contributed by atoms with E-state index < -0.39 is 0 Å². The van der Waals surface area contributed by atoms with Crippen LogP contribution in [-0.2, 0) is 4.74 Å². The van der Waals surface area contributed by atoms with Crippen LogP contribution >= 0.6 is 0 Å². The van der Waals surface area contributed by atoms with Crippen LogP contribution in [0.2, 0.25) is 0 Å². The summed E-state index contributed by atoms with van der Waals surface area (Å²) in [6.45, 7) is 8.51. The molecule has 0 aliphatic carbocycles. The number of methoxy groups -OCH3 is 1. The van der Waals surface area contributed by atoms with Crippen LogP contribution in [0.5, 0.6) is 0 Å². The fourth-order valence-corrected chi connectivity index (χ4v) is 2.18. The van der Waals surface area contributed by atoms with Crippen LogP contribution in [0.15, 0.2) is 24.3 Å². The molecule has 0 bridgehead atoms. The van der Waals surface area contributed by atoms with Crippen LogP contribution < -0.4 is 5.32 Å². The number of ether oxygens (including phenoxy) is 1. The average Bonchev–Trinajstić information content (AvgIpc) is 2.35. The Labute approximate surface area is 105 Å². The first-order valence-electron chi connectivity index (χ1n) is 6.48. The molecule has 0 saturated heterocycles. The fourth-order valence-electron chi connectivity index (χ4n) is 2.18. The summed E-state index contributed by atoms with van der Waals surface area (Å²) in [7, 11) is 1.78. The molecule has 0 amide bonds. The molecule has 2 atom stereocenters. The molecule has 2 nitrogen and oxygen atoms in total. The lowest BCUT2D eigenvalue weighted by atomic mass is 9.90. The predicted octanol–water partition coefficient (Wildman–Crippen LogP) is 3.11. The molecule has 0 saturated carbocycles. The van der Waals surface area contributed by atoms with Crippen LogP contribution in [0.3, 0.4) is 0 Å². The lowest BCUT2D eigenvalue weighted by molar-refractivity contribution is 0.104. The molecule has 0 aromatic heterocycles. The minimum atomic E-state index is 0.304. The van der Waals surface area contributed by atoms with Gasteiger partial charge in [-0.05, 0) is 43.9 Å². The molecule has 1 rings (SSSR count). The highest BCUT2D eigenvalue weighted by Crippen LogP contribution is 2.24. The Morgan fingerprint density at radius 1 is 1.29 bits per heavy atom. The van der Waals surface area contributed by atoms with Crippen molar-refractivity contribution in [3.63, 3.8) is 0 Å². The second kappa shape index (κ2) is 7.46. The number of nitrogens with one attached hydrogen (secondary N) is 1. The number of rotatable bonds is 7. The second-order valence-corrected chi connectivity index (χ2v) is 4.64. The minimum Gasteiger partial charge on any atom is -0.382 e. The first-order chi connectivity index (χ1) is 8.19. The number of hydrogen-bond donors (Lipinski definition) is 1. The summed E-state index contributed by atoms with van der Waals surface area (Å²) in [5.41, 5.74) is 2.82. The van der Waals surface area contributed by atoms with Gasteiger partial charge in [0.25, 0.3) is 0 Å². The third kappa shape index (κ3) is 4.49. The van der Waals surface area contributed by atoms with Crippen molar-refractivity contribution in [2.75, 3.05) is 20.2 Å². The average molecular weight is 235 g/mol. The van der Waals surface area contributed by atoms with Gasteiger partial charge in [0.05, 0.1) is 6.10 Å². The highest BCUT2D eigenvalue weighted by Gasteiger charge is 2.16. The zero-order valence-corrected chi connectivity index (χ0v) is 11.5. The van der Waals surface area contributed by atoms with E-state index in [0.29, 0.717) is 12.0 Å². The lowest BCUT2D eigenvalue weighted by Gasteiger charge is -2.22. The van der Waals surface area contributed by atoms with Crippen LogP contribution in [0.1, 0.15) is 37.3 Å². The topological polar surface area (TPSA) is 21.3 Å². The maximum Gasteiger partial charge on any atom is 0.0549 e. The third-order valence-electron chi connectivity index (χ3n) is 3.29. The molecule has 0 aliphatic rings. The Hall–Kier alpha value is -0.860. The van der Waals surface area contributed by atoms with Crippen LogP contribution in [0.4, 0.5) is 0 Å². The van der Waals surface area contributed by atoms with E-state index in [0.717, 1.165) is 19.5 Å². The van der Waals surface area contributed by atoms with E-state index in [1.807, 2.05) is 0 Å². The van der Waals surface area contributed by atoms with Gasteiger partial charge in [-0.15, -0.1) is 0 Å². The SMILES string of the molecule is CCNCC(CC(C)OC)c1ccccc1C. The quantitative estimate of drug-likeness (QED) is 0.784. The summed E-state index contributed by atoms with van der Waals surface area (Å²) in [5, 5.41) is 3.45. The van der Waals surface area contributed by atoms with Crippen molar-refractivity contribution in [1.29, 1.82) is 0 Å². The van der Waals surface area contributed by atoms with Gasteiger partial charge >= 0.3 is 0 Å². The Morgan fingerprint density at radius 2 is 2.00 bits per heavy atom. The van der Waals surface area contributed by atoms with Gasteiger partial charge in [-0.2, -0.15) is 0 Å². The summed E-state index contributed by atoms with van der Waals surface area (Å²) in [5.74, 6) is 0.533. The maximum atomic E-state index is 5.39. The largest absolute Gasteiger partial charge is 0.382 e. The smallest absolute Gasteiger partial charge is 0.0549 e. The molecule has 96 valence electrons. The van der Waals surface area contributed by atoms with Gasteiger partial charge in [0.1, 0.15) is 0 Å². The van der Waals surface area contributed by atoms with Crippen LogP contribution in [0, 0.1) is 6.92 Å². The van der Waals surface area contributed by atoms with E-state index in [4.69, 9.17) is 4.74 Å². The number of hydrogen-bond acceptors (Lipinski definition) is 2. The molecule has 1 aromatic rings. The summed E-state index contributed by atoms with van der Waals surface area (Å²) < 4.78 is 5.39. The second-order valence-electron chi connectivity index (χ2n) is 4.64. The first-order valence-corrected chi connectivity index (χ1v) is 6.48. The molecule has 0 heterocycles. The van der Waals surface area contributed by atoms with Crippen molar-refractivity contribution in [3.05, 3.63) is 35.4 Å². The highest BCUT2D eigenvalue weighted by molar-refractivity contribution is 5.29. The zero-order chi connectivity index (χ0) is 12.7. The molecular formula is C15H25NO. The molecule has 2 heteroatoms. The molecule has 0 fully saturated rings. The van der Waals surface area contributed by atoms with Crippen molar-refractivity contribution in [3.8, 4) is 0 Å². The Balaban J connectivity index is 2.78. The summed E-state index contributed by atoms with van der Waals surface area (Å²) in [6.07, 6.45) is 1.37. The lowest BCUT2D eigenvalue weighted by Crippen LogP contribution is -2.24. The summed E-state index contributed by atoms with van der Waals surface area (Å²) in [4.78, 5) is 0. The van der Waals surface area contributed by atoms with Crippen molar-refractivity contribution in [2.45, 2.75) is 39.2 Å². The van der Waals surface area contributed by atoms with Crippen LogP contribution in [0.25, 0.3) is 0 Å². The third-order valence-corrected chi connectivity index (χ3v) is 3.29. The molecule has 17 heavy (non-hydrogen) atoms. The van der Waals surface area contributed by atoms with Gasteiger partial charge in [0.15, 0.2) is 0 Å². The molecular weight excluding hydrogens is 210 g/mol. The van der Waals surface area contributed by atoms with Gasteiger partial charge in [-0.3, -0.25) is 0 Å². The number of aryl methyl sites for hydroxylation is 1. The first kappa shape index (κ1) is 14.2. The van der Waals surface area contributed by atoms with Gasteiger partial charge in [-0.25, -0.2) is 0 Å². The number of likely N-dealkylation sites (N-methyl/N-ethyl adjacent to an activating group) is 1. The minimum absolute atomic E-state index is 0.304. The van der Waals surface area contributed by atoms with E-state index in [-0.39, 0.29) is 0 Å². The van der Waals surface area contributed by atoms with E-state index >= 15 is 0 Å². The predicted molar refractivity (Wildman–Crippen MR) is 73.6 cm³/mol. The normalized spacial score (nSPS) is 14.6. The zero-order valence-electron chi connectivity index (χ0n) is 11.5. The standard InChI is InChI=1S/C15H25NO/c1-5-16-11-14(10-13(3)17-4)15-9-7-6-8-12(15)2/h6-9,13-14,16H,5,10-11H2,1-4H3. The van der Waals surface area contributed by atoms with Gasteiger partial charge in [-0.1, -0.05) is 31.2 Å². The monoisotopic (exact) mass is 235 g/mol. The molecule has 0 spiro atoms. The Bertz CT molecular complexity index is 324. The number of benzene rings is 1. The summed E-state index contributed by atoms with van der Waals surface area (Å²) >= 11 is 0.